The smallest absolute Gasteiger partial charge is 0.241 e. The summed E-state index contributed by atoms with van der Waals surface area (Å²) in [5, 5.41) is 2.99. The SMILES string of the molecule is CCC1(CNC(=O)C(N)c2ccc(C)cc2)CC1. The zero-order chi connectivity index (χ0) is 13.2. The molecule has 1 aromatic rings. The van der Waals surface area contributed by atoms with Gasteiger partial charge in [-0.15, -0.1) is 0 Å². The molecule has 0 radical (unpaired) electrons. The van der Waals surface area contributed by atoms with Gasteiger partial charge in [-0.1, -0.05) is 36.8 Å². The van der Waals surface area contributed by atoms with Crippen molar-refractivity contribution in [2.24, 2.45) is 11.1 Å². The second-order valence-electron chi connectivity index (χ2n) is 5.46. The van der Waals surface area contributed by atoms with E-state index < -0.39 is 6.04 Å². The lowest BCUT2D eigenvalue weighted by molar-refractivity contribution is -0.122. The maximum atomic E-state index is 12.0. The van der Waals surface area contributed by atoms with Crippen molar-refractivity contribution in [2.75, 3.05) is 6.54 Å². The van der Waals surface area contributed by atoms with Crippen molar-refractivity contribution < 1.29 is 4.79 Å². The highest BCUT2D eigenvalue weighted by molar-refractivity contribution is 5.83. The molecule has 1 aromatic carbocycles. The number of carbonyl (C=O) groups excluding carboxylic acids is 1. The van der Waals surface area contributed by atoms with E-state index in [4.69, 9.17) is 5.73 Å². The van der Waals surface area contributed by atoms with E-state index >= 15 is 0 Å². The van der Waals surface area contributed by atoms with Gasteiger partial charge in [-0.3, -0.25) is 4.79 Å². The molecule has 3 N–H and O–H groups in total. The number of nitrogens with two attached hydrogens (primary N) is 1. The first-order valence-corrected chi connectivity index (χ1v) is 6.66. The topological polar surface area (TPSA) is 55.1 Å². The number of carbonyl (C=O) groups is 1. The second-order valence-corrected chi connectivity index (χ2v) is 5.46. The molecule has 1 atom stereocenters. The minimum Gasteiger partial charge on any atom is -0.354 e. The van der Waals surface area contributed by atoms with E-state index in [1.165, 1.54) is 18.4 Å². The molecule has 0 saturated heterocycles. The van der Waals surface area contributed by atoms with Gasteiger partial charge in [0.1, 0.15) is 6.04 Å². The van der Waals surface area contributed by atoms with Crippen LogP contribution in [-0.4, -0.2) is 12.5 Å². The molecule has 1 amide bonds. The molecule has 1 fully saturated rings. The molecule has 1 aliphatic rings. The van der Waals surface area contributed by atoms with Crippen molar-refractivity contribution in [1.82, 2.24) is 5.32 Å². The summed E-state index contributed by atoms with van der Waals surface area (Å²) in [5.41, 5.74) is 8.38. The average Bonchev–Trinajstić information content (AvgIpc) is 3.17. The van der Waals surface area contributed by atoms with Crippen LogP contribution in [-0.2, 0) is 4.79 Å². The van der Waals surface area contributed by atoms with Crippen LogP contribution >= 0.6 is 0 Å². The fourth-order valence-corrected chi connectivity index (χ4v) is 2.14. The molecule has 0 heterocycles. The van der Waals surface area contributed by atoms with Crippen LogP contribution in [0.1, 0.15) is 43.4 Å². The molecule has 1 unspecified atom stereocenters. The Morgan fingerprint density at radius 1 is 1.39 bits per heavy atom. The molecule has 0 aromatic heterocycles. The lowest BCUT2D eigenvalue weighted by atomic mass is 10.0. The summed E-state index contributed by atoms with van der Waals surface area (Å²) >= 11 is 0. The molecule has 1 saturated carbocycles. The van der Waals surface area contributed by atoms with Gasteiger partial charge < -0.3 is 11.1 Å². The minimum atomic E-state index is -0.557. The van der Waals surface area contributed by atoms with Gasteiger partial charge in [-0.2, -0.15) is 0 Å². The van der Waals surface area contributed by atoms with Crippen LogP contribution in [0.2, 0.25) is 0 Å². The van der Waals surface area contributed by atoms with Crippen molar-refractivity contribution in [2.45, 2.75) is 39.2 Å². The molecule has 0 bridgehead atoms. The number of benzene rings is 1. The Hall–Kier alpha value is -1.35. The van der Waals surface area contributed by atoms with Gasteiger partial charge in [0.05, 0.1) is 0 Å². The highest BCUT2D eigenvalue weighted by atomic mass is 16.2. The van der Waals surface area contributed by atoms with Gasteiger partial charge in [0.15, 0.2) is 0 Å². The third-order valence-corrected chi connectivity index (χ3v) is 4.06. The first-order chi connectivity index (χ1) is 8.56. The summed E-state index contributed by atoms with van der Waals surface area (Å²) in [6, 6.07) is 7.25. The maximum Gasteiger partial charge on any atom is 0.241 e. The largest absolute Gasteiger partial charge is 0.354 e. The van der Waals surface area contributed by atoms with E-state index in [1.807, 2.05) is 31.2 Å². The van der Waals surface area contributed by atoms with Crippen LogP contribution in [0.5, 0.6) is 0 Å². The van der Waals surface area contributed by atoms with Crippen molar-refractivity contribution in [3.8, 4) is 0 Å². The van der Waals surface area contributed by atoms with Gasteiger partial charge in [-0.25, -0.2) is 0 Å². The highest BCUT2D eigenvalue weighted by Gasteiger charge is 2.40. The van der Waals surface area contributed by atoms with E-state index in [0.29, 0.717) is 5.41 Å². The Kier molecular flexibility index (Phi) is 3.71. The molecular formula is C15H22N2O. The first-order valence-electron chi connectivity index (χ1n) is 6.66. The lowest BCUT2D eigenvalue weighted by Gasteiger charge is -2.17. The Morgan fingerprint density at radius 3 is 2.50 bits per heavy atom. The van der Waals surface area contributed by atoms with Crippen LogP contribution in [0.4, 0.5) is 0 Å². The number of rotatable bonds is 5. The third-order valence-electron chi connectivity index (χ3n) is 4.06. The van der Waals surface area contributed by atoms with Crippen LogP contribution in [0.3, 0.4) is 0 Å². The Bertz CT molecular complexity index is 421. The molecule has 18 heavy (non-hydrogen) atoms. The zero-order valence-corrected chi connectivity index (χ0v) is 11.2. The van der Waals surface area contributed by atoms with Crippen molar-refractivity contribution in [1.29, 1.82) is 0 Å². The monoisotopic (exact) mass is 246 g/mol. The highest BCUT2D eigenvalue weighted by Crippen LogP contribution is 2.47. The molecule has 3 nitrogen and oxygen atoms in total. The number of amides is 1. The Morgan fingerprint density at radius 2 is 2.00 bits per heavy atom. The van der Waals surface area contributed by atoms with Gasteiger partial charge in [0, 0.05) is 6.54 Å². The number of hydrogen-bond acceptors (Lipinski definition) is 2. The maximum absolute atomic E-state index is 12.0. The number of nitrogens with one attached hydrogen (secondary N) is 1. The summed E-state index contributed by atoms with van der Waals surface area (Å²) in [6.07, 6.45) is 3.58. The Labute approximate surface area is 109 Å². The summed E-state index contributed by atoms with van der Waals surface area (Å²) in [4.78, 5) is 12.0. The van der Waals surface area contributed by atoms with Crippen LogP contribution < -0.4 is 11.1 Å². The zero-order valence-electron chi connectivity index (χ0n) is 11.2. The molecular weight excluding hydrogens is 224 g/mol. The van der Waals surface area contributed by atoms with Gasteiger partial charge >= 0.3 is 0 Å². The number of hydrogen-bond donors (Lipinski definition) is 2. The van der Waals surface area contributed by atoms with Crippen LogP contribution in [0, 0.1) is 12.3 Å². The van der Waals surface area contributed by atoms with Crippen LogP contribution in [0.25, 0.3) is 0 Å². The minimum absolute atomic E-state index is 0.0708. The molecule has 2 rings (SSSR count). The fraction of sp³-hybridized carbons (Fsp3) is 0.533. The van der Waals surface area contributed by atoms with Crippen LogP contribution in [0.15, 0.2) is 24.3 Å². The van der Waals surface area contributed by atoms with E-state index in [1.54, 1.807) is 0 Å². The third kappa shape index (κ3) is 2.91. The summed E-state index contributed by atoms with van der Waals surface area (Å²) in [7, 11) is 0. The van der Waals surface area contributed by atoms with Gasteiger partial charge in [0.25, 0.3) is 0 Å². The fourth-order valence-electron chi connectivity index (χ4n) is 2.14. The van der Waals surface area contributed by atoms with E-state index in [0.717, 1.165) is 18.5 Å². The first kappa shape index (κ1) is 13.1. The van der Waals surface area contributed by atoms with E-state index in [-0.39, 0.29) is 5.91 Å². The Balaban J connectivity index is 1.90. The van der Waals surface area contributed by atoms with Gasteiger partial charge in [0.2, 0.25) is 5.91 Å². The predicted molar refractivity (Wildman–Crippen MR) is 73.1 cm³/mol. The summed E-state index contributed by atoms with van der Waals surface area (Å²) in [5.74, 6) is -0.0708. The van der Waals surface area contributed by atoms with Gasteiger partial charge in [-0.05, 0) is 37.2 Å². The molecule has 3 heteroatoms. The quantitative estimate of drug-likeness (QED) is 0.837. The molecule has 0 spiro atoms. The van der Waals surface area contributed by atoms with Crippen molar-refractivity contribution in [3.63, 3.8) is 0 Å². The predicted octanol–water partition coefficient (Wildman–Crippen LogP) is 2.30. The summed E-state index contributed by atoms with van der Waals surface area (Å²) in [6.45, 7) is 4.97. The summed E-state index contributed by atoms with van der Waals surface area (Å²) < 4.78 is 0. The van der Waals surface area contributed by atoms with E-state index in [9.17, 15) is 4.79 Å². The molecule has 1 aliphatic carbocycles. The standard InChI is InChI=1S/C15H22N2O/c1-3-15(8-9-15)10-17-14(18)13(16)12-6-4-11(2)5-7-12/h4-7,13H,3,8-10,16H2,1-2H3,(H,17,18). The average molecular weight is 246 g/mol. The normalized spacial score (nSPS) is 18.2. The van der Waals surface area contributed by atoms with E-state index in [2.05, 4.69) is 12.2 Å². The number of aryl methyl sites for hydroxylation is 1. The lowest BCUT2D eigenvalue weighted by Crippen LogP contribution is -2.37. The molecule has 98 valence electrons. The molecule has 0 aliphatic heterocycles. The van der Waals surface area contributed by atoms with Crippen molar-refractivity contribution >= 4 is 5.91 Å². The second kappa shape index (κ2) is 5.11. The van der Waals surface area contributed by atoms with Crippen molar-refractivity contribution in [3.05, 3.63) is 35.4 Å².